The van der Waals surface area contributed by atoms with Gasteiger partial charge in [0.15, 0.2) is 0 Å². The zero-order valence-corrected chi connectivity index (χ0v) is 23.1. The number of fused-ring (bicyclic) bond motifs is 2. The van der Waals surface area contributed by atoms with Crippen molar-refractivity contribution in [2.24, 2.45) is 5.73 Å². The van der Waals surface area contributed by atoms with Crippen LogP contribution in [0.1, 0.15) is 56.8 Å². The second-order valence-corrected chi connectivity index (χ2v) is 10.8. The lowest BCUT2D eigenvalue weighted by Gasteiger charge is -2.32. The molecule has 204 valence electrons. The smallest absolute Gasteiger partial charge is 0.251 e. The number of hydrogen-bond donors (Lipinski definition) is 2. The summed E-state index contributed by atoms with van der Waals surface area (Å²) in [6.45, 7) is 3.73. The fraction of sp³-hybridized carbons (Fsp3) is 0.167. The van der Waals surface area contributed by atoms with Gasteiger partial charge in [-0.25, -0.2) is 0 Å². The topological polar surface area (TPSA) is 75.4 Å². The number of primary amides is 1. The molecule has 0 radical (unpaired) electrons. The molecule has 5 heteroatoms. The molecule has 1 aliphatic rings. The van der Waals surface area contributed by atoms with Crippen LogP contribution >= 0.6 is 0 Å². The van der Waals surface area contributed by atoms with Crippen molar-refractivity contribution in [2.45, 2.75) is 32.4 Å². The van der Waals surface area contributed by atoms with Crippen LogP contribution in [0.5, 0.6) is 0 Å². The average Bonchev–Trinajstić information content (AvgIpc) is 3.01. The van der Waals surface area contributed by atoms with E-state index in [1.807, 2.05) is 43.3 Å². The van der Waals surface area contributed by atoms with Gasteiger partial charge in [0.1, 0.15) is 0 Å². The number of anilines is 1. The van der Waals surface area contributed by atoms with Gasteiger partial charge in [0, 0.05) is 29.9 Å². The molecule has 2 amide bonds. The molecule has 5 nitrogen and oxygen atoms in total. The summed E-state index contributed by atoms with van der Waals surface area (Å²) in [5.74, 6) is -0.485. The summed E-state index contributed by atoms with van der Waals surface area (Å²) in [5.41, 5.74) is 13.5. The maximum Gasteiger partial charge on any atom is 0.251 e. The first-order valence-corrected chi connectivity index (χ1v) is 14.1. The maximum absolute atomic E-state index is 13.3. The highest BCUT2D eigenvalue weighted by Crippen LogP contribution is 2.32. The molecule has 1 heterocycles. The van der Waals surface area contributed by atoms with Crippen molar-refractivity contribution in [1.82, 2.24) is 5.32 Å². The fourth-order valence-electron chi connectivity index (χ4n) is 5.78. The monoisotopic (exact) mass is 539 g/mol. The predicted molar refractivity (Wildman–Crippen MR) is 166 cm³/mol. The van der Waals surface area contributed by atoms with Gasteiger partial charge in [0.2, 0.25) is 5.91 Å². The minimum absolute atomic E-state index is 0.0599. The highest BCUT2D eigenvalue weighted by atomic mass is 16.2. The Morgan fingerprint density at radius 2 is 1.56 bits per heavy atom. The Balaban J connectivity index is 1.19. The molecule has 0 bridgehead atoms. The molecule has 0 aromatic heterocycles. The number of nitrogens with two attached hydrogens (primary N) is 1. The number of carbonyl (C=O) groups excluding carboxylic acids is 2. The minimum Gasteiger partial charge on any atom is -0.367 e. The lowest BCUT2D eigenvalue weighted by Crippen LogP contribution is -2.30. The van der Waals surface area contributed by atoms with Crippen molar-refractivity contribution in [2.75, 3.05) is 11.4 Å². The lowest BCUT2D eigenvalue weighted by molar-refractivity contribution is 0.0938. The van der Waals surface area contributed by atoms with Crippen LogP contribution in [0.25, 0.3) is 21.9 Å². The number of benzene rings is 5. The van der Waals surface area contributed by atoms with Gasteiger partial charge >= 0.3 is 0 Å². The van der Waals surface area contributed by atoms with E-state index in [1.165, 1.54) is 27.6 Å². The van der Waals surface area contributed by atoms with Crippen molar-refractivity contribution < 1.29 is 9.59 Å². The zero-order valence-electron chi connectivity index (χ0n) is 23.1. The Hall–Kier alpha value is -4.90. The van der Waals surface area contributed by atoms with Gasteiger partial charge in [-0.2, -0.15) is 0 Å². The number of nitrogens with zero attached hydrogens (tertiary/aromatic N) is 1. The molecule has 0 fully saturated rings. The first-order valence-electron chi connectivity index (χ1n) is 14.1. The van der Waals surface area contributed by atoms with Crippen molar-refractivity contribution in [3.63, 3.8) is 0 Å². The average molecular weight is 540 g/mol. The molecule has 3 N–H and O–H groups in total. The van der Waals surface area contributed by atoms with Crippen LogP contribution in [0.15, 0.2) is 109 Å². The van der Waals surface area contributed by atoms with Crippen molar-refractivity contribution in [3.05, 3.63) is 137 Å². The second kappa shape index (κ2) is 11.3. The van der Waals surface area contributed by atoms with Crippen LogP contribution in [0.4, 0.5) is 5.69 Å². The number of aryl methyl sites for hydroxylation is 1. The van der Waals surface area contributed by atoms with E-state index in [4.69, 9.17) is 5.73 Å². The van der Waals surface area contributed by atoms with Gasteiger partial charge in [-0.05, 0) is 94.8 Å². The molecule has 1 atom stereocenters. The molecular weight excluding hydrogens is 506 g/mol. The van der Waals surface area contributed by atoms with E-state index in [9.17, 15) is 9.59 Å². The Morgan fingerprint density at radius 1 is 0.829 bits per heavy atom. The second-order valence-electron chi connectivity index (χ2n) is 10.8. The highest BCUT2D eigenvalue weighted by Gasteiger charge is 2.21. The summed E-state index contributed by atoms with van der Waals surface area (Å²) in [6.07, 6.45) is 1.98. The number of rotatable bonds is 7. The van der Waals surface area contributed by atoms with E-state index in [2.05, 4.69) is 70.9 Å². The normalized spacial score (nSPS) is 13.4. The van der Waals surface area contributed by atoms with Gasteiger partial charge in [-0.3, -0.25) is 9.59 Å². The van der Waals surface area contributed by atoms with Crippen LogP contribution in [0, 0.1) is 0 Å². The van der Waals surface area contributed by atoms with Crippen molar-refractivity contribution in [1.29, 1.82) is 0 Å². The molecule has 0 aliphatic carbocycles. The first kappa shape index (κ1) is 26.3. The van der Waals surface area contributed by atoms with E-state index >= 15 is 0 Å². The van der Waals surface area contributed by atoms with E-state index in [0.29, 0.717) is 11.1 Å². The molecule has 0 unspecified atom stereocenters. The van der Waals surface area contributed by atoms with Gasteiger partial charge in [0.05, 0.1) is 6.04 Å². The Morgan fingerprint density at radius 3 is 2.37 bits per heavy atom. The Labute approximate surface area is 240 Å². The molecule has 0 saturated carbocycles. The van der Waals surface area contributed by atoms with Gasteiger partial charge in [-0.15, -0.1) is 0 Å². The first-order chi connectivity index (χ1) is 20.0. The quantitative estimate of drug-likeness (QED) is 0.233. The molecule has 0 spiro atoms. The third-order valence-corrected chi connectivity index (χ3v) is 8.04. The Bertz CT molecular complexity index is 1740. The molecule has 5 aromatic rings. The molecule has 41 heavy (non-hydrogen) atoms. The third-order valence-electron chi connectivity index (χ3n) is 8.04. The highest BCUT2D eigenvalue weighted by molar-refractivity contribution is 5.95. The predicted octanol–water partition coefficient (Wildman–Crippen LogP) is 7.05. The van der Waals surface area contributed by atoms with Crippen LogP contribution < -0.4 is 16.0 Å². The van der Waals surface area contributed by atoms with Crippen molar-refractivity contribution in [3.8, 4) is 11.1 Å². The van der Waals surface area contributed by atoms with Crippen LogP contribution in [-0.2, 0) is 13.0 Å². The lowest BCUT2D eigenvalue weighted by atomic mass is 9.95. The number of amides is 2. The van der Waals surface area contributed by atoms with Gasteiger partial charge < -0.3 is 16.0 Å². The summed E-state index contributed by atoms with van der Waals surface area (Å²) >= 11 is 0. The molecule has 1 aliphatic heterocycles. The number of nitrogens with one attached hydrogen (secondary N) is 1. The molecule has 6 rings (SSSR count). The summed E-state index contributed by atoms with van der Waals surface area (Å²) in [7, 11) is 0. The van der Waals surface area contributed by atoms with Crippen LogP contribution in [-0.4, -0.2) is 18.4 Å². The minimum atomic E-state index is -0.425. The van der Waals surface area contributed by atoms with E-state index in [0.717, 1.165) is 42.6 Å². The Kier molecular flexibility index (Phi) is 7.26. The van der Waals surface area contributed by atoms with Crippen molar-refractivity contribution >= 4 is 28.3 Å². The largest absolute Gasteiger partial charge is 0.367 e. The standard InChI is InChI=1S/C36H33N3O2/c1-24(28-17-12-25-7-2-3-8-29(25)21-28)38-36(41)31-18-19-34-30(22-31)10-6-20-39(34)23-32-9-4-5-11-33(32)26-13-15-27(16-14-26)35(37)40/h2-5,7-9,11-19,21-22,24H,6,10,20,23H2,1H3,(H2,37,40)(H,38,41)/t24-/m0/s1. The van der Waals surface area contributed by atoms with E-state index in [1.54, 1.807) is 12.1 Å². The van der Waals surface area contributed by atoms with Crippen LogP contribution in [0.2, 0.25) is 0 Å². The number of carbonyl (C=O) groups is 2. The maximum atomic E-state index is 13.3. The molecule has 0 saturated heterocycles. The molecular formula is C36H33N3O2. The third kappa shape index (κ3) is 5.57. The van der Waals surface area contributed by atoms with Gasteiger partial charge in [-0.1, -0.05) is 72.8 Å². The molecule has 5 aromatic carbocycles. The van der Waals surface area contributed by atoms with Crippen LogP contribution in [0.3, 0.4) is 0 Å². The van der Waals surface area contributed by atoms with Gasteiger partial charge in [0.25, 0.3) is 5.91 Å². The fourth-order valence-corrected chi connectivity index (χ4v) is 5.78. The SMILES string of the molecule is C[C@H](NC(=O)c1ccc2c(c1)CCCN2Cc1ccccc1-c1ccc(C(N)=O)cc1)c1ccc2ccccc2c1. The zero-order chi connectivity index (χ0) is 28.3. The summed E-state index contributed by atoms with van der Waals surface area (Å²) < 4.78 is 0. The van der Waals surface area contributed by atoms with E-state index < -0.39 is 5.91 Å². The summed E-state index contributed by atoms with van der Waals surface area (Å²) in [5, 5.41) is 5.55. The van der Waals surface area contributed by atoms with E-state index in [-0.39, 0.29) is 11.9 Å². The summed E-state index contributed by atoms with van der Waals surface area (Å²) in [4.78, 5) is 27.2. The number of hydrogen-bond acceptors (Lipinski definition) is 3. The summed E-state index contributed by atoms with van der Waals surface area (Å²) in [6, 6.07) is 36.4.